The largest absolute Gasteiger partial charge is 0.343 e. The second-order valence-corrected chi connectivity index (χ2v) is 4.25. The van der Waals surface area contributed by atoms with E-state index in [1.807, 2.05) is 20.8 Å². The molecule has 4 heteroatoms. The van der Waals surface area contributed by atoms with E-state index in [-0.39, 0.29) is 29.8 Å². The number of hydrogen-bond acceptors (Lipinski definition) is 2. The summed E-state index contributed by atoms with van der Waals surface area (Å²) in [6.07, 6.45) is 1.55. The van der Waals surface area contributed by atoms with E-state index in [4.69, 9.17) is 0 Å². The van der Waals surface area contributed by atoms with Crippen molar-refractivity contribution in [2.75, 3.05) is 7.05 Å². The van der Waals surface area contributed by atoms with Gasteiger partial charge in [0.1, 0.15) is 12.1 Å². The van der Waals surface area contributed by atoms with Gasteiger partial charge in [-0.2, -0.15) is 0 Å². The minimum Gasteiger partial charge on any atom is -0.343 e. The van der Waals surface area contributed by atoms with Gasteiger partial charge in [-0.1, -0.05) is 27.2 Å². The summed E-state index contributed by atoms with van der Waals surface area (Å²) in [5.74, 6) is 0.220. The molecular formula is C11H20N2O2. The van der Waals surface area contributed by atoms with Crippen LogP contribution < -0.4 is 5.32 Å². The van der Waals surface area contributed by atoms with Crippen molar-refractivity contribution in [2.45, 2.75) is 45.7 Å². The Labute approximate surface area is 91.0 Å². The van der Waals surface area contributed by atoms with Crippen molar-refractivity contribution in [2.24, 2.45) is 5.92 Å². The Morgan fingerprint density at radius 3 is 2.47 bits per heavy atom. The first-order valence-corrected chi connectivity index (χ1v) is 5.59. The zero-order valence-electron chi connectivity index (χ0n) is 9.91. The fraction of sp³-hybridized carbons (Fsp3) is 0.818. The summed E-state index contributed by atoms with van der Waals surface area (Å²) in [6, 6.07) is -0.631. The average Bonchev–Trinajstić information content (AvgIpc) is 2.23. The van der Waals surface area contributed by atoms with E-state index in [2.05, 4.69) is 5.32 Å². The molecule has 0 aliphatic carbocycles. The number of carbonyl (C=O) groups excluding carboxylic acids is 2. The van der Waals surface area contributed by atoms with Crippen molar-refractivity contribution < 1.29 is 9.59 Å². The first kappa shape index (κ1) is 12.0. The summed E-state index contributed by atoms with van der Waals surface area (Å²) >= 11 is 0. The first-order valence-electron chi connectivity index (χ1n) is 5.59. The van der Waals surface area contributed by atoms with Gasteiger partial charge in [-0.25, -0.2) is 0 Å². The first-order chi connectivity index (χ1) is 7.02. The summed E-state index contributed by atoms with van der Waals surface area (Å²) in [5.41, 5.74) is 0. The van der Waals surface area contributed by atoms with Gasteiger partial charge in [0.15, 0.2) is 0 Å². The Morgan fingerprint density at radius 2 is 2.00 bits per heavy atom. The van der Waals surface area contributed by atoms with Gasteiger partial charge in [-0.15, -0.1) is 0 Å². The number of nitrogens with zero attached hydrogens (tertiary/aromatic N) is 1. The lowest BCUT2D eigenvalue weighted by Crippen LogP contribution is -2.63. The number of carbonyl (C=O) groups is 2. The fourth-order valence-corrected chi connectivity index (χ4v) is 2.02. The van der Waals surface area contributed by atoms with Crippen molar-refractivity contribution in [1.29, 1.82) is 0 Å². The van der Waals surface area contributed by atoms with Crippen LogP contribution in [0.25, 0.3) is 0 Å². The van der Waals surface area contributed by atoms with Gasteiger partial charge in [0.25, 0.3) is 0 Å². The molecule has 1 N–H and O–H groups in total. The number of piperazine rings is 1. The molecule has 0 radical (unpaired) electrons. The molecule has 2 amide bonds. The van der Waals surface area contributed by atoms with Crippen LogP contribution in [-0.2, 0) is 9.59 Å². The second-order valence-electron chi connectivity index (χ2n) is 4.25. The molecule has 1 fully saturated rings. The second kappa shape index (κ2) is 4.64. The molecule has 1 heterocycles. The van der Waals surface area contributed by atoms with E-state index in [9.17, 15) is 9.59 Å². The lowest BCUT2D eigenvalue weighted by atomic mass is 9.93. The number of amides is 2. The fourth-order valence-electron chi connectivity index (χ4n) is 2.02. The Hall–Kier alpha value is -1.06. The maximum absolute atomic E-state index is 11.8. The van der Waals surface area contributed by atoms with Gasteiger partial charge in [-0.3, -0.25) is 9.59 Å². The highest BCUT2D eigenvalue weighted by atomic mass is 16.2. The van der Waals surface area contributed by atoms with Crippen LogP contribution in [0.1, 0.15) is 33.6 Å². The molecule has 0 bridgehead atoms. The van der Waals surface area contributed by atoms with Crippen LogP contribution in [0.4, 0.5) is 0 Å². The molecular weight excluding hydrogens is 192 g/mol. The van der Waals surface area contributed by atoms with Crippen molar-refractivity contribution in [3.8, 4) is 0 Å². The number of nitrogens with one attached hydrogen (secondary N) is 1. The third kappa shape index (κ3) is 2.13. The summed E-state index contributed by atoms with van der Waals surface area (Å²) in [4.78, 5) is 25.3. The highest BCUT2D eigenvalue weighted by Crippen LogP contribution is 2.19. The molecule has 1 rings (SSSR count). The van der Waals surface area contributed by atoms with Gasteiger partial charge in [-0.05, 0) is 12.3 Å². The maximum Gasteiger partial charge on any atom is 0.245 e. The molecule has 1 saturated heterocycles. The predicted octanol–water partition coefficient (Wildman–Crippen LogP) is 0.768. The number of rotatable bonds is 3. The summed E-state index contributed by atoms with van der Waals surface area (Å²) < 4.78 is 0. The van der Waals surface area contributed by atoms with Gasteiger partial charge in [0.05, 0.1) is 0 Å². The summed E-state index contributed by atoms with van der Waals surface area (Å²) in [6.45, 7) is 5.93. The third-order valence-corrected chi connectivity index (χ3v) is 3.24. The highest BCUT2D eigenvalue weighted by Gasteiger charge is 2.39. The quantitative estimate of drug-likeness (QED) is 0.751. The molecule has 0 spiro atoms. The molecule has 0 aromatic carbocycles. The zero-order chi connectivity index (χ0) is 11.6. The van der Waals surface area contributed by atoms with Gasteiger partial charge < -0.3 is 10.2 Å². The van der Waals surface area contributed by atoms with Gasteiger partial charge >= 0.3 is 0 Å². The molecule has 0 aromatic rings. The van der Waals surface area contributed by atoms with Gasteiger partial charge in [0, 0.05) is 7.05 Å². The van der Waals surface area contributed by atoms with Crippen molar-refractivity contribution in [3.63, 3.8) is 0 Å². The van der Waals surface area contributed by atoms with E-state index >= 15 is 0 Å². The van der Waals surface area contributed by atoms with E-state index in [0.717, 1.165) is 6.42 Å². The Bertz CT molecular complexity index is 265. The molecule has 86 valence electrons. The standard InChI is InChI=1S/C11H20N2O2/c1-5-7(3)9-10(14)12-8(6-2)11(15)13(9)4/h7-9H,5-6H2,1-4H3,(H,12,14). The monoisotopic (exact) mass is 212 g/mol. The Morgan fingerprint density at radius 1 is 1.40 bits per heavy atom. The van der Waals surface area contributed by atoms with E-state index in [1.54, 1.807) is 11.9 Å². The van der Waals surface area contributed by atoms with Crippen LogP contribution in [0.2, 0.25) is 0 Å². The third-order valence-electron chi connectivity index (χ3n) is 3.24. The minimum atomic E-state index is -0.331. The lowest BCUT2D eigenvalue weighted by molar-refractivity contribution is -0.149. The molecule has 0 aromatic heterocycles. The van der Waals surface area contributed by atoms with Crippen LogP contribution in [0.3, 0.4) is 0 Å². The normalized spacial score (nSPS) is 28.9. The smallest absolute Gasteiger partial charge is 0.245 e. The van der Waals surface area contributed by atoms with Crippen LogP contribution in [0, 0.1) is 5.92 Å². The van der Waals surface area contributed by atoms with E-state index in [1.165, 1.54) is 0 Å². The Kier molecular flexibility index (Phi) is 3.72. The molecule has 15 heavy (non-hydrogen) atoms. The zero-order valence-corrected chi connectivity index (χ0v) is 9.91. The summed E-state index contributed by atoms with van der Waals surface area (Å²) in [5, 5.41) is 2.78. The topological polar surface area (TPSA) is 49.4 Å². The molecule has 3 atom stereocenters. The SMILES string of the molecule is CCC1NC(=O)C(C(C)CC)N(C)C1=O. The van der Waals surface area contributed by atoms with Crippen LogP contribution in [-0.4, -0.2) is 35.8 Å². The van der Waals surface area contributed by atoms with Crippen LogP contribution in [0.5, 0.6) is 0 Å². The summed E-state index contributed by atoms with van der Waals surface area (Å²) in [7, 11) is 1.72. The number of hydrogen-bond donors (Lipinski definition) is 1. The van der Waals surface area contributed by atoms with Crippen LogP contribution in [0.15, 0.2) is 0 Å². The highest BCUT2D eigenvalue weighted by molar-refractivity contribution is 5.96. The molecule has 0 saturated carbocycles. The molecule has 3 unspecified atom stereocenters. The van der Waals surface area contributed by atoms with Crippen molar-refractivity contribution in [3.05, 3.63) is 0 Å². The van der Waals surface area contributed by atoms with Crippen LogP contribution >= 0.6 is 0 Å². The Balaban J connectivity index is 2.84. The average molecular weight is 212 g/mol. The molecule has 1 aliphatic rings. The van der Waals surface area contributed by atoms with Crippen molar-refractivity contribution in [1.82, 2.24) is 10.2 Å². The van der Waals surface area contributed by atoms with Crippen molar-refractivity contribution >= 4 is 11.8 Å². The maximum atomic E-state index is 11.8. The lowest BCUT2D eigenvalue weighted by Gasteiger charge is -2.39. The minimum absolute atomic E-state index is 0.0155. The molecule has 1 aliphatic heterocycles. The van der Waals surface area contributed by atoms with E-state index in [0.29, 0.717) is 6.42 Å². The van der Waals surface area contributed by atoms with Gasteiger partial charge in [0.2, 0.25) is 11.8 Å². The predicted molar refractivity (Wildman–Crippen MR) is 58.2 cm³/mol. The number of likely N-dealkylation sites (N-methyl/N-ethyl adjacent to an activating group) is 1. The van der Waals surface area contributed by atoms with E-state index < -0.39 is 0 Å². The molecule has 4 nitrogen and oxygen atoms in total.